The number of anilines is 1. The minimum Gasteiger partial charge on any atom is -0.468 e. The average molecular weight is 300 g/mol. The molecule has 0 spiro atoms. The van der Waals surface area contributed by atoms with Gasteiger partial charge in [0.1, 0.15) is 4.83 Å². The molecule has 0 heterocycles. The maximum atomic E-state index is 11.3. The number of carbonyl (C=O) groups excluding carboxylic acids is 1. The molecule has 1 atom stereocenters. The third kappa shape index (κ3) is 4.04. The molecule has 1 aromatic carbocycles. The smallest absolute Gasteiger partial charge is 0.321 e. The minimum absolute atomic E-state index is 0.249. The first-order valence-electron chi connectivity index (χ1n) is 5.45. The van der Waals surface area contributed by atoms with E-state index in [0.717, 1.165) is 5.69 Å². The molecule has 4 heteroatoms. The first kappa shape index (κ1) is 14.0. The number of methoxy groups -OCH3 is 1. The molecular weight excluding hydrogens is 282 g/mol. The van der Waals surface area contributed by atoms with Gasteiger partial charge in [-0.15, -0.1) is 0 Å². The average Bonchev–Trinajstić information content (AvgIpc) is 2.26. The Morgan fingerprint density at radius 3 is 2.35 bits per heavy atom. The van der Waals surface area contributed by atoms with Gasteiger partial charge in [-0.2, -0.15) is 0 Å². The van der Waals surface area contributed by atoms with E-state index in [1.807, 2.05) is 11.9 Å². The van der Waals surface area contributed by atoms with E-state index in [9.17, 15) is 4.79 Å². The van der Waals surface area contributed by atoms with Crippen molar-refractivity contribution in [3.8, 4) is 0 Å². The second kappa shape index (κ2) is 6.05. The Morgan fingerprint density at radius 2 is 1.88 bits per heavy atom. The van der Waals surface area contributed by atoms with Gasteiger partial charge in [0.2, 0.25) is 0 Å². The van der Waals surface area contributed by atoms with Crippen LogP contribution in [0.15, 0.2) is 18.2 Å². The molecule has 0 aliphatic heterocycles. The third-order valence-corrected chi connectivity index (χ3v) is 3.20. The number of benzene rings is 1. The summed E-state index contributed by atoms with van der Waals surface area (Å²) in [4.78, 5) is 13.0. The molecule has 0 N–H and O–H groups in total. The predicted octanol–water partition coefficient (Wildman–Crippen LogP) is 2.68. The maximum Gasteiger partial charge on any atom is 0.321 e. The summed E-state index contributed by atoms with van der Waals surface area (Å²) >= 11 is 3.32. The molecule has 0 aromatic heterocycles. The number of nitrogens with zero attached hydrogens (tertiary/aromatic N) is 1. The summed E-state index contributed by atoms with van der Waals surface area (Å²) in [5.74, 6) is -0.249. The van der Waals surface area contributed by atoms with E-state index in [1.54, 1.807) is 0 Å². The van der Waals surface area contributed by atoms with Gasteiger partial charge in [0.05, 0.1) is 7.11 Å². The molecule has 0 saturated carbocycles. The zero-order valence-corrected chi connectivity index (χ0v) is 12.2. The number of esters is 1. The number of ether oxygens (including phenoxy) is 1. The van der Waals surface area contributed by atoms with Gasteiger partial charge < -0.3 is 9.64 Å². The van der Waals surface area contributed by atoms with Crippen LogP contribution in [0.25, 0.3) is 0 Å². The number of hydrogen-bond donors (Lipinski definition) is 0. The van der Waals surface area contributed by atoms with Crippen molar-refractivity contribution in [3.05, 3.63) is 29.3 Å². The van der Waals surface area contributed by atoms with Crippen molar-refractivity contribution in [1.29, 1.82) is 0 Å². The molecule has 17 heavy (non-hydrogen) atoms. The van der Waals surface area contributed by atoms with Crippen LogP contribution in [0.3, 0.4) is 0 Å². The topological polar surface area (TPSA) is 29.5 Å². The van der Waals surface area contributed by atoms with Crippen molar-refractivity contribution in [3.63, 3.8) is 0 Å². The van der Waals surface area contributed by atoms with Crippen LogP contribution in [0.5, 0.6) is 0 Å². The molecule has 0 aliphatic carbocycles. The lowest BCUT2D eigenvalue weighted by molar-refractivity contribution is -0.139. The fraction of sp³-hybridized carbons (Fsp3) is 0.462. The summed E-state index contributed by atoms with van der Waals surface area (Å²) in [5.41, 5.74) is 3.54. The highest BCUT2D eigenvalue weighted by Gasteiger charge is 2.17. The van der Waals surface area contributed by atoms with Crippen LogP contribution in [0.2, 0.25) is 0 Å². The Morgan fingerprint density at radius 1 is 1.35 bits per heavy atom. The number of halogens is 1. The standard InChI is InChI=1S/C13H18BrNO2/c1-9-5-10(2)7-11(6-9)15(3)8-12(14)13(16)17-4/h5-7,12H,8H2,1-4H3. The molecule has 1 unspecified atom stereocenters. The Kier molecular flexibility index (Phi) is 5.00. The Bertz CT molecular complexity index is 386. The third-order valence-electron chi connectivity index (χ3n) is 2.54. The number of rotatable bonds is 4. The van der Waals surface area contributed by atoms with E-state index in [-0.39, 0.29) is 10.8 Å². The second-order valence-electron chi connectivity index (χ2n) is 4.22. The SMILES string of the molecule is COC(=O)C(Br)CN(C)c1cc(C)cc(C)c1. The molecular formula is C13H18BrNO2. The van der Waals surface area contributed by atoms with E-state index >= 15 is 0 Å². The molecule has 0 bridgehead atoms. The van der Waals surface area contributed by atoms with Gasteiger partial charge >= 0.3 is 5.97 Å². The predicted molar refractivity (Wildman–Crippen MR) is 73.9 cm³/mol. The molecule has 1 rings (SSSR count). The largest absolute Gasteiger partial charge is 0.468 e. The number of hydrogen-bond acceptors (Lipinski definition) is 3. The van der Waals surface area contributed by atoms with Crippen LogP contribution in [0, 0.1) is 13.8 Å². The van der Waals surface area contributed by atoms with Crippen LogP contribution in [0.1, 0.15) is 11.1 Å². The van der Waals surface area contributed by atoms with Crippen LogP contribution in [-0.2, 0) is 9.53 Å². The highest BCUT2D eigenvalue weighted by Crippen LogP contribution is 2.19. The molecule has 94 valence electrons. The minimum atomic E-state index is -0.307. The van der Waals surface area contributed by atoms with Gasteiger partial charge in [-0.25, -0.2) is 0 Å². The van der Waals surface area contributed by atoms with E-state index in [1.165, 1.54) is 18.2 Å². The molecule has 0 radical (unpaired) electrons. The van der Waals surface area contributed by atoms with Gasteiger partial charge in [0.15, 0.2) is 0 Å². The second-order valence-corrected chi connectivity index (χ2v) is 5.32. The van der Waals surface area contributed by atoms with Gasteiger partial charge in [-0.05, 0) is 37.1 Å². The zero-order valence-electron chi connectivity index (χ0n) is 10.7. The summed E-state index contributed by atoms with van der Waals surface area (Å²) in [6.07, 6.45) is 0. The molecule has 3 nitrogen and oxygen atoms in total. The summed E-state index contributed by atoms with van der Waals surface area (Å²) in [6, 6.07) is 6.33. The Balaban J connectivity index is 2.75. The molecule has 0 aliphatic rings. The monoisotopic (exact) mass is 299 g/mol. The maximum absolute atomic E-state index is 11.3. The Labute approximate surface area is 111 Å². The van der Waals surface area contributed by atoms with Crippen LogP contribution in [0.4, 0.5) is 5.69 Å². The van der Waals surface area contributed by atoms with Crippen molar-refractivity contribution in [1.82, 2.24) is 0 Å². The molecule has 0 amide bonds. The summed E-state index contributed by atoms with van der Waals surface area (Å²) in [6.45, 7) is 4.71. The van der Waals surface area contributed by atoms with Gasteiger partial charge in [0, 0.05) is 19.3 Å². The van der Waals surface area contributed by atoms with Crippen molar-refractivity contribution >= 4 is 27.6 Å². The van der Waals surface area contributed by atoms with Gasteiger partial charge in [-0.1, -0.05) is 22.0 Å². The van der Waals surface area contributed by atoms with Gasteiger partial charge in [0.25, 0.3) is 0 Å². The van der Waals surface area contributed by atoms with E-state index in [4.69, 9.17) is 0 Å². The van der Waals surface area contributed by atoms with Crippen LogP contribution < -0.4 is 4.90 Å². The lowest BCUT2D eigenvalue weighted by Crippen LogP contribution is -2.31. The van der Waals surface area contributed by atoms with Crippen molar-refractivity contribution in [2.75, 3.05) is 25.6 Å². The number of aryl methyl sites for hydroxylation is 2. The molecule has 0 saturated heterocycles. The Hall–Kier alpha value is -1.03. The van der Waals surface area contributed by atoms with E-state index in [0.29, 0.717) is 6.54 Å². The van der Waals surface area contributed by atoms with Crippen LogP contribution >= 0.6 is 15.9 Å². The lowest BCUT2D eigenvalue weighted by Gasteiger charge is -2.22. The highest BCUT2D eigenvalue weighted by atomic mass is 79.9. The van der Waals surface area contributed by atoms with Gasteiger partial charge in [-0.3, -0.25) is 4.79 Å². The normalized spacial score (nSPS) is 12.1. The number of alkyl halides is 1. The first-order chi connectivity index (χ1) is 7.93. The van der Waals surface area contributed by atoms with Crippen molar-refractivity contribution in [2.45, 2.75) is 18.7 Å². The quantitative estimate of drug-likeness (QED) is 0.632. The van der Waals surface area contributed by atoms with E-state index < -0.39 is 0 Å². The first-order valence-corrected chi connectivity index (χ1v) is 6.37. The molecule has 0 fully saturated rings. The van der Waals surface area contributed by atoms with Crippen molar-refractivity contribution < 1.29 is 9.53 Å². The lowest BCUT2D eigenvalue weighted by atomic mass is 10.1. The van der Waals surface area contributed by atoms with Crippen molar-refractivity contribution in [2.24, 2.45) is 0 Å². The fourth-order valence-electron chi connectivity index (χ4n) is 1.72. The summed E-state index contributed by atoms with van der Waals surface area (Å²) in [7, 11) is 3.36. The van der Waals surface area contributed by atoms with E-state index in [2.05, 4.69) is 52.7 Å². The zero-order chi connectivity index (χ0) is 13.0. The van der Waals surface area contributed by atoms with Crippen LogP contribution in [-0.4, -0.2) is 31.5 Å². The summed E-state index contributed by atoms with van der Waals surface area (Å²) < 4.78 is 4.68. The number of carbonyl (C=O) groups is 1. The summed E-state index contributed by atoms with van der Waals surface area (Å²) in [5, 5.41) is 0. The molecule has 1 aromatic rings. The highest BCUT2D eigenvalue weighted by molar-refractivity contribution is 9.10. The fourth-order valence-corrected chi connectivity index (χ4v) is 2.34.